The van der Waals surface area contributed by atoms with Crippen molar-refractivity contribution in [2.75, 3.05) is 26.4 Å². The van der Waals surface area contributed by atoms with E-state index >= 15 is 0 Å². The second kappa shape index (κ2) is 29.2. The zero-order valence-electron chi connectivity index (χ0n) is 41.2. The number of aliphatic hydroxyl groups is 3. The molecule has 396 valence electrons. The summed E-state index contributed by atoms with van der Waals surface area (Å²) in [5.41, 5.74) is 12.2. The number of nitrogens with zero attached hydrogens (tertiary/aromatic N) is 3. The van der Waals surface area contributed by atoms with Gasteiger partial charge in [0.1, 0.15) is 73.8 Å². The summed E-state index contributed by atoms with van der Waals surface area (Å²) in [6, 6.07) is 37.2. The number of unbranched alkanes of at least 4 members (excludes halogenated alkanes) is 3. The van der Waals surface area contributed by atoms with Crippen LogP contribution in [0, 0.1) is 0 Å². The average molecular weight is 1020 g/mol. The molecule has 19 heteroatoms. The maximum Gasteiger partial charge on any atom is 0.217 e. The van der Waals surface area contributed by atoms with E-state index < -0.39 is 105 Å². The highest BCUT2D eigenvalue weighted by molar-refractivity contribution is 5.73. The zero-order chi connectivity index (χ0) is 51.4. The Kier molecular flexibility index (Phi) is 22.4. The first-order valence-electron chi connectivity index (χ1n) is 25.0. The molecule has 0 spiro atoms. The molecule has 3 aliphatic rings. The Balaban J connectivity index is 1.27. The number of aliphatic hydroxyl groups excluding tert-OH is 3. The Labute approximate surface area is 425 Å². The molecule has 0 radical (unpaired) electrons. The number of benzene rings is 4. The van der Waals surface area contributed by atoms with Gasteiger partial charge in [-0.25, -0.2) is 4.39 Å². The van der Waals surface area contributed by atoms with E-state index in [1.165, 1.54) is 6.92 Å². The van der Waals surface area contributed by atoms with Crippen LogP contribution in [-0.4, -0.2) is 140 Å². The minimum absolute atomic E-state index is 0.0973. The number of halogens is 1. The van der Waals surface area contributed by atoms with Crippen molar-refractivity contribution in [3.8, 4) is 0 Å². The molecule has 4 aromatic rings. The van der Waals surface area contributed by atoms with E-state index in [9.17, 15) is 24.5 Å². The molecule has 15 atom stereocenters. The van der Waals surface area contributed by atoms with Crippen molar-refractivity contribution in [3.63, 3.8) is 0 Å². The number of nitrogens with one attached hydrogen (secondary N) is 1. The fraction of sp³-hybridized carbons (Fsp3) is 0.537. The van der Waals surface area contributed by atoms with Crippen LogP contribution in [0.4, 0.5) is 4.39 Å². The van der Waals surface area contributed by atoms with Gasteiger partial charge in [-0.1, -0.05) is 139 Å². The van der Waals surface area contributed by atoms with Gasteiger partial charge in [0.15, 0.2) is 18.9 Å². The number of amides is 1. The average Bonchev–Trinajstić information content (AvgIpc) is 3.41. The summed E-state index contributed by atoms with van der Waals surface area (Å²) in [5.74, 6) is -0.482. The van der Waals surface area contributed by atoms with Crippen molar-refractivity contribution in [1.29, 1.82) is 0 Å². The fourth-order valence-electron chi connectivity index (χ4n) is 9.09. The molecule has 7 rings (SSSR count). The minimum atomic E-state index is -1.87. The van der Waals surface area contributed by atoms with Gasteiger partial charge in [0.25, 0.3) is 0 Å². The first-order chi connectivity index (χ1) is 35.6. The van der Waals surface area contributed by atoms with E-state index in [2.05, 4.69) is 15.3 Å². The number of rotatable bonds is 27. The number of azide groups is 1. The molecule has 3 fully saturated rings. The molecule has 3 aliphatic heterocycles. The SMILES string of the molecule is CC(=O)N[C@H]1[C@H](OCCCCCCN=[N+]=[N-])O[C@H](COCc2ccccc2)[C@@H](O[C@@H]2O[C@H](CF)[C@H](O)[C@H](O)[C@H]2O)[C@@H]1O[C@@H]1O[C@@H](C)[C@@H](OCc2ccccc2)[C@@H](OCc2ccccc2)[C@@H]1OCc1ccccc1. The van der Waals surface area contributed by atoms with Gasteiger partial charge in [-0.3, -0.25) is 4.79 Å². The van der Waals surface area contributed by atoms with E-state index in [4.69, 9.17) is 52.9 Å². The van der Waals surface area contributed by atoms with Crippen LogP contribution in [0.15, 0.2) is 126 Å². The minimum Gasteiger partial charge on any atom is -0.387 e. The second-order valence-corrected chi connectivity index (χ2v) is 18.4. The fourth-order valence-corrected chi connectivity index (χ4v) is 9.09. The lowest BCUT2D eigenvalue weighted by molar-refractivity contribution is -0.378. The lowest BCUT2D eigenvalue weighted by Gasteiger charge is -2.51. The molecule has 0 unspecified atom stereocenters. The number of hydrogen-bond acceptors (Lipinski definition) is 15. The zero-order valence-corrected chi connectivity index (χ0v) is 41.2. The van der Waals surface area contributed by atoms with E-state index in [1.54, 1.807) is 0 Å². The van der Waals surface area contributed by atoms with Gasteiger partial charge >= 0.3 is 0 Å². The quantitative estimate of drug-likeness (QED) is 0.0220. The predicted molar refractivity (Wildman–Crippen MR) is 263 cm³/mol. The highest BCUT2D eigenvalue weighted by Crippen LogP contribution is 2.37. The van der Waals surface area contributed by atoms with Crippen LogP contribution in [0.3, 0.4) is 0 Å². The molecule has 3 saturated heterocycles. The number of carbonyl (C=O) groups is 1. The summed E-state index contributed by atoms with van der Waals surface area (Å²) < 4.78 is 80.8. The van der Waals surface area contributed by atoms with Gasteiger partial charge in [-0.05, 0) is 47.6 Å². The molecule has 3 heterocycles. The molecule has 4 aromatic carbocycles. The van der Waals surface area contributed by atoms with Crippen LogP contribution in [0.5, 0.6) is 0 Å². The lowest BCUT2D eigenvalue weighted by atomic mass is 9.94. The first kappa shape index (κ1) is 55.8. The van der Waals surface area contributed by atoms with Gasteiger partial charge < -0.3 is 68.0 Å². The monoisotopic (exact) mass is 1020 g/mol. The summed E-state index contributed by atoms with van der Waals surface area (Å²) in [4.78, 5) is 16.2. The molecular formula is C54H69FN4O14. The molecular weight excluding hydrogens is 948 g/mol. The van der Waals surface area contributed by atoms with E-state index in [1.807, 2.05) is 128 Å². The lowest BCUT2D eigenvalue weighted by Crippen LogP contribution is -2.70. The first-order valence-corrected chi connectivity index (χ1v) is 25.0. The van der Waals surface area contributed by atoms with Gasteiger partial charge in [-0.15, -0.1) is 0 Å². The van der Waals surface area contributed by atoms with E-state index in [0.717, 1.165) is 35.1 Å². The third-order valence-electron chi connectivity index (χ3n) is 12.9. The molecule has 0 saturated carbocycles. The van der Waals surface area contributed by atoms with Crippen LogP contribution < -0.4 is 5.32 Å². The Morgan fingerprint density at radius 2 is 1.12 bits per heavy atom. The van der Waals surface area contributed by atoms with Crippen molar-refractivity contribution in [2.45, 2.75) is 158 Å². The summed E-state index contributed by atoms with van der Waals surface area (Å²) in [7, 11) is 0. The Morgan fingerprint density at radius 3 is 1.68 bits per heavy atom. The van der Waals surface area contributed by atoms with Crippen molar-refractivity contribution in [1.82, 2.24) is 5.32 Å². The largest absolute Gasteiger partial charge is 0.387 e. The number of carbonyl (C=O) groups excluding carboxylic acids is 1. The van der Waals surface area contributed by atoms with Gasteiger partial charge in [-0.2, -0.15) is 0 Å². The van der Waals surface area contributed by atoms with Crippen molar-refractivity contribution in [2.24, 2.45) is 5.11 Å². The van der Waals surface area contributed by atoms with Crippen molar-refractivity contribution in [3.05, 3.63) is 154 Å². The molecule has 0 aromatic heterocycles. The van der Waals surface area contributed by atoms with E-state index in [0.29, 0.717) is 19.4 Å². The normalized spacial score (nSPS) is 30.3. The number of hydrogen-bond donors (Lipinski definition) is 4. The second-order valence-electron chi connectivity index (χ2n) is 18.4. The third kappa shape index (κ3) is 16.3. The van der Waals surface area contributed by atoms with Gasteiger partial charge in [0, 0.05) is 25.0 Å². The molecule has 73 heavy (non-hydrogen) atoms. The van der Waals surface area contributed by atoms with Crippen LogP contribution >= 0.6 is 0 Å². The summed E-state index contributed by atoms with van der Waals surface area (Å²) in [6.07, 6.45) is -15.6. The number of alkyl halides is 1. The van der Waals surface area contributed by atoms with Crippen LogP contribution in [-0.2, 0) is 78.6 Å². The van der Waals surface area contributed by atoms with Crippen LogP contribution in [0.2, 0.25) is 0 Å². The Morgan fingerprint density at radius 1 is 0.603 bits per heavy atom. The summed E-state index contributed by atoms with van der Waals surface area (Å²) >= 11 is 0. The topological polar surface area (TPSA) is 231 Å². The molecule has 18 nitrogen and oxygen atoms in total. The van der Waals surface area contributed by atoms with Gasteiger partial charge in [0.05, 0.1) is 39.1 Å². The van der Waals surface area contributed by atoms with Crippen molar-refractivity contribution >= 4 is 5.91 Å². The highest BCUT2D eigenvalue weighted by Gasteiger charge is 2.56. The molecule has 4 N–H and O–H groups in total. The summed E-state index contributed by atoms with van der Waals surface area (Å²) in [6.45, 7) is 2.99. The predicted octanol–water partition coefficient (Wildman–Crippen LogP) is 6.37. The Bertz CT molecular complexity index is 2240. The van der Waals surface area contributed by atoms with Crippen LogP contribution in [0.25, 0.3) is 10.4 Å². The summed E-state index contributed by atoms with van der Waals surface area (Å²) in [5, 5.41) is 39.6. The van der Waals surface area contributed by atoms with Crippen molar-refractivity contribution < 1.29 is 71.9 Å². The molecule has 0 bridgehead atoms. The third-order valence-corrected chi connectivity index (χ3v) is 12.9. The Hall–Kier alpha value is -4.93. The number of ether oxygens (including phenoxy) is 10. The molecule has 0 aliphatic carbocycles. The maximum absolute atomic E-state index is 14.4. The smallest absolute Gasteiger partial charge is 0.217 e. The standard InChI is InChI=1S/C54H69FN4O14/c1-35-47(66-31-38-21-11-6-12-22-38)50(67-32-39-23-13-7-14-24-39)51(68-33-40-25-15-8-16-26-40)54(69-35)73-49-43(58-36(2)60)52(65-28-18-4-3-17-27-57-59-56)71-42(34-64-30-37-19-9-5-10-20-37)48(49)72-53-46(63)45(62)44(61)41(29-55)70-53/h5-16,19-26,35,41-54,61-63H,3-4,17-18,27-34H2,1-2H3,(H,58,60)/t35-,41+,42+,43+,44-,45-,46+,47+,48+,49+,50+,51-,52+,53-,54-/m0/s1. The van der Waals surface area contributed by atoms with E-state index in [-0.39, 0.29) is 39.6 Å². The van der Waals surface area contributed by atoms with Gasteiger partial charge in [0.2, 0.25) is 5.91 Å². The molecule has 1 amide bonds. The maximum atomic E-state index is 14.4. The van der Waals surface area contributed by atoms with Crippen LogP contribution in [0.1, 0.15) is 61.8 Å². The highest BCUT2D eigenvalue weighted by atomic mass is 19.1.